The summed E-state index contributed by atoms with van der Waals surface area (Å²) in [4.78, 5) is 0. The third kappa shape index (κ3) is 3.88. The Morgan fingerprint density at radius 3 is 1.33 bits per heavy atom. The van der Waals surface area contributed by atoms with Crippen LogP contribution in [0.25, 0.3) is 0 Å². The van der Waals surface area contributed by atoms with Gasteiger partial charge in [-0.1, -0.05) is 49.7 Å². The van der Waals surface area contributed by atoms with E-state index in [4.69, 9.17) is 0 Å². The van der Waals surface area contributed by atoms with Crippen LogP contribution in [0.3, 0.4) is 0 Å². The van der Waals surface area contributed by atoms with Crippen LogP contribution in [0, 0.1) is 12.8 Å². The maximum atomic E-state index is 2.50. The summed E-state index contributed by atoms with van der Waals surface area (Å²) >= 11 is 0. The normalized spacial score (nSPS) is 26.1. The molecule has 0 N–H and O–H groups in total. The van der Waals surface area contributed by atoms with Crippen LogP contribution >= 0.6 is 0 Å². The Hall–Kier alpha value is -0.781. The van der Waals surface area contributed by atoms with Gasteiger partial charge in [-0.2, -0.15) is 11.1 Å². The first-order valence-electron chi connectivity index (χ1n) is 11.4. The van der Waals surface area contributed by atoms with Gasteiger partial charge in [0.15, 0.2) is 0 Å². The molecule has 1 radical (unpaired) electrons. The van der Waals surface area contributed by atoms with Crippen LogP contribution < -0.4 is 0 Å². The largest absolute Gasteiger partial charge is 2.00 e. The molecule has 145 valence electrons. The molecule has 0 saturated heterocycles. The van der Waals surface area contributed by atoms with Crippen molar-refractivity contribution in [3.05, 3.63) is 57.4 Å². The van der Waals surface area contributed by atoms with Crippen LogP contribution in [0.4, 0.5) is 0 Å². The predicted molar refractivity (Wildman–Crippen MR) is 111 cm³/mol. The average molecular weight is 401 g/mol. The standard InChI is InChI=1S/2C13H17.Mn/c2*1-3-7-12-10(5-1)9-11-6-2-4-8-13(11)12;/h2*5H,1-4,6-9H2;/q2*-1;+2. The molecule has 0 aromatic carbocycles. The summed E-state index contributed by atoms with van der Waals surface area (Å²) in [5.74, 6) is 0. The summed E-state index contributed by atoms with van der Waals surface area (Å²) in [5.41, 5.74) is 14.1. The van der Waals surface area contributed by atoms with Crippen molar-refractivity contribution in [1.82, 2.24) is 0 Å². The molecule has 6 aliphatic carbocycles. The molecule has 0 aliphatic heterocycles. The maximum absolute atomic E-state index is 2.50. The van der Waals surface area contributed by atoms with Crippen molar-refractivity contribution in [3.63, 3.8) is 0 Å². The SMILES string of the molecule is [CH-]1CCCC2=C1CC1=C2CCCC1.[CH-]1CCCC2=C1CC1=C2CCCC1.[Mn+2]. The van der Waals surface area contributed by atoms with E-state index >= 15 is 0 Å². The molecular formula is C26H34Mn. The van der Waals surface area contributed by atoms with Gasteiger partial charge >= 0.3 is 17.1 Å². The maximum Gasteiger partial charge on any atom is 2.00 e. The molecule has 0 spiro atoms. The van der Waals surface area contributed by atoms with Gasteiger partial charge in [0.1, 0.15) is 0 Å². The summed E-state index contributed by atoms with van der Waals surface area (Å²) in [7, 11) is 0. The van der Waals surface area contributed by atoms with E-state index in [0.717, 1.165) is 0 Å². The fourth-order valence-electron chi connectivity index (χ4n) is 6.24. The monoisotopic (exact) mass is 401 g/mol. The molecule has 0 saturated carbocycles. The van der Waals surface area contributed by atoms with E-state index in [1.54, 1.807) is 44.6 Å². The minimum absolute atomic E-state index is 0. The van der Waals surface area contributed by atoms with E-state index in [0.29, 0.717) is 0 Å². The second kappa shape index (κ2) is 8.71. The molecule has 0 aromatic heterocycles. The van der Waals surface area contributed by atoms with Crippen LogP contribution in [-0.2, 0) is 17.1 Å². The van der Waals surface area contributed by atoms with E-state index in [2.05, 4.69) is 12.8 Å². The molecule has 1 heteroatoms. The van der Waals surface area contributed by atoms with E-state index < -0.39 is 0 Å². The van der Waals surface area contributed by atoms with Crippen LogP contribution in [0.2, 0.25) is 0 Å². The van der Waals surface area contributed by atoms with Crippen LogP contribution in [0.1, 0.15) is 103 Å². The van der Waals surface area contributed by atoms with Crippen molar-refractivity contribution >= 4 is 0 Å². The van der Waals surface area contributed by atoms with Gasteiger partial charge in [-0.3, -0.25) is 0 Å². The third-order valence-electron chi connectivity index (χ3n) is 7.52. The van der Waals surface area contributed by atoms with Crippen molar-refractivity contribution in [2.75, 3.05) is 0 Å². The van der Waals surface area contributed by atoms with E-state index in [1.165, 1.54) is 103 Å². The van der Waals surface area contributed by atoms with Crippen molar-refractivity contribution < 1.29 is 17.1 Å². The Balaban J connectivity index is 0.000000129. The van der Waals surface area contributed by atoms with Gasteiger partial charge in [0.2, 0.25) is 0 Å². The van der Waals surface area contributed by atoms with Gasteiger partial charge in [0, 0.05) is 0 Å². The van der Waals surface area contributed by atoms with Crippen molar-refractivity contribution in [1.29, 1.82) is 0 Å². The second-order valence-corrected chi connectivity index (χ2v) is 9.13. The van der Waals surface area contributed by atoms with Crippen LogP contribution in [0.5, 0.6) is 0 Å². The molecule has 0 bridgehead atoms. The Morgan fingerprint density at radius 2 is 0.852 bits per heavy atom. The number of hydrogen-bond donors (Lipinski definition) is 0. The third-order valence-corrected chi connectivity index (χ3v) is 7.52. The van der Waals surface area contributed by atoms with Crippen molar-refractivity contribution in [2.45, 2.75) is 103 Å². The zero-order valence-electron chi connectivity index (χ0n) is 16.8. The predicted octanol–water partition coefficient (Wildman–Crippen LogP) is 7.89. The molecule has 6 rings (SSSR count). The van der Waals surface area contributed by atoms with Gasteiger partial charge in [-0.25, -0.2) is 24.0 Å². The summed E-state index contributed by atoms with van der Waals surface area (Å²) in [6.07, 6.45) is 27.2. The van der Waals surface area contributed by atoms with E-state index in [-0.39, 0.29) is 17.1 Å². The molecule has 0 heterocycles. The summed E-state index contributed by atoms with van der Waals surface area (Å²) in [6, 6.07) is 0. The van der Waals surface area contributed by atoms with Crippen LogP contribution in [-0.4, -0.2) is 0 Å². The molecular weight excluding hydrogens is 367 g/mol. The number of allylic oxidation sites excluding steroid dienone is 8. The Morgan fingerprint density at radius 1 is 0.444 bits per heavy atom. The van der Waals surface area contributed by atoms with Crippen LogP contribution in [0.15, 0.2) is 44.6 Å². The Kier molecular flexibility index (Phi) is 6.30. The minimum atomic E-state index is 0. The number of hydrogen-bond acceptors (Lipinski definition) is 0. The topological polar surface area (TPSA) is 0 Å². The first kappa shape index (κ1) is 19.5. The summed E-state index contributed by atoms with van der Waals surface area (Å²) in [5, 5.41) is 0. The average Bonchev–Trinajstić information content (AvgIpc) is 3.27. The van der Waals surface area contributed by atoms with Gasteiger partial charge in [0.25, 0.3) is 0 Å². The zero-order valence-corrected chi connectivity index (χ0v) is 18.0. The molecule has 0 aromatic rings. The second-order valence-electron chi connectivity index (χ2n) is 9.13. The Bertz CT molecular complexity index is 590. The van der Waals surface area contributed by atoms with Gasteiger partial charge in [0.05, 0.1) is 0 Å². The first-order chi connectivity index (χ1) is 12.9. The molecule has 0 unspecified atom stereocenters. The molecule has 0 fully saturated rings. The van der Waals surface area contributed by atoms with E-state index in [9.17, 15) is 0 Å². The van der Waals surface area contributed by atoms with E-state index in [1.807, 2.05) is 0 Å². The zero-order chi connectivity index (χ0) is 17.3. The Labute approximate surface area is 177 Å². The molecule has 0 atom stereocenters. The van der Waals surface area contributed by atoms with Gasteiger partial charge in [-0.05, 0) is 51.4 Å². The minimum Gasteiger partial charge on any atom is -0.226 e. The molecule has 0 nitrogen and oxygen atoms in total. The summed E-state index contributed by atoms with van der Waals surface area (Å²) < 4.78 is 0. The smallest absolute Gasteiger partial charge is 0.226 e. The van der Waals surface area contributed by atoms with Gasteiger partial charge < -0.3 is 0 Å². The molecule has 6 aliphatic rings. The number of rotatable bonds is 0. The molecule has 0 amide bonds. The van der Waals surface area contributed by atoms with Crippen molar-refractivity contribution in [3.8, 4) is 0 Å². The van der Waals surface area contributed by atoms with Crippen molar-refractivity contribution in [2.24, 2.45) is 0 Å². The summed E-state index contributed by atoms with van der Waals surface area (Å²) in [6.45, 7) is 0. The number of fused-ring (bicyclic) bond motifs is 2. The molecule has 27 heavy (non-hydrogen) atoms. The fraction of sp³-hybridized carbons (Fsp3) is 0.615. The first-order valence-corrected chi connectivity index (χ1v) is 11.4. The van der Waals surface area contributed by atoms with Gasteiger partial charge in [-0.15, -0.1) is 24.0 Å². The quantitative estimate of drug-likeness (QED) is 0.286. The fourth-order valence-corrected chi connectivity index (χ4v) is 6.24.